The van der Waals surface area contributed by atoms with Crippen molar-refractivity contribution in [2.45, 2.75) is 64.1 Å². The molecule has 2 aromatic rings. The number of carbonyl (C=O) groups excluding carboxylic acids is 2. The normalized spacial score (nSPS) is 21.0. The predicted octanol–water partition coefficient (Wildman–Crippen LogP) is 3.48. The van der Waals surface area contributed by atoms with Crippen molar-refractivity contribution in [2.75, 3.05) is 31.8 Å². The lowest BCUT2D eigenvalue weighted by Gasteiger charge is -2.40. The third kappa shape index (κ3) is 5.75. The van der Waals surface area contributed by atoms with Crippen LogP contribution in [0.5, 0.6) is 5.75 Å². The lowest BCUT2D eigenvalue weighted by molar-refractivity contribution is 0.0922. The number of pyridine rings is 1. The largest absolute Gasteiger partial charge is 0.496 e. The van der Waals surface area contributed by atoms with Crippen molar-refractivity contribution in [3.05, 3.63) is 53.2 Å². The highest BCUT2D eigenvalue weighted by Gasteiger charge is 2.41. The summed E-state index contributed by atoms with van der Waals surface area (Å²) in [6.45, 7) is 5.79. The number of rotatable bonds is 10. The minimum atomic E-state index is -0.113. The summed E-state index contributed by atoms with van der Waals surface area (Å²) in [5, 5.41) is 6.17. The summed E-state index contributed by atoms with van der Waals surface area (Å²) in [5.74, 6) is 1.46. The number of aromatic nitrogens is 1. The first kappa shape index (κ1) is 25.0. The molecule has 2 saturated heterocycles. The topological polar surface area (TPSA) is 92.8 Å². The predicted molar refractivity (Wildman–Crippen MR) is 135 cm³/mol. The molecule has 1 aromatic carbocycles. The Morgan fingerprint density at radius 2 is 1.89 bits per heavy atom. The molecule has 3 heterocycles. The molecule has 2 aliphatic heterocycles. The molecule has 2 fully saturated rings. The summed E-state index contributed by atoms with van der Waals surface area (Å²) in [7, 11) is 1.62. The van der Waals surface area contributed by atoms with Gasteiger partial charge in [-0.25, -0.2) is 4.98 Å². The highest BCUT2D eigenvalue weighted by atomic mass is 16.5. The highest BCUT2D eigenvalue weighted by Crippen LogP contribution is 2.38. The lowest BCUT2D eigenvalue weighted by Crippen LogP contribution is -2.50. The second-order valence-corrected chi connectivity index (χ2v) is 9.28. The molecule has 35 heavy (non-hydrogen) atoms. The summed E-state index contributed by atoms with van der Waals surface area (Å²) in [6, 6.07) is 10.1. The summed E-state index contributed by atoms with van der Waals surface area (Å²) in [4.78, 5) is 32.4. The minimum Gasteiger partial charge on any atom is -0.496 e. The maximum absolute atomic E-state index is 13.0. The number of benzene rings is 1. The number of nitrogens with one attached hydrogen (secondary N) is 2. The number of anilines is 1. The summed E-state index contributed by atoms with van der Waals surface area (Å²) >= 11 is 0. The number of nitrogens with zero attached hydrogens (tertiary/aromatic N) is 2. The third-order valence-corrected chi connectivity index (χ3v) is 7.05. The van der Waals surface area contributed by atoms with E-state index in [-0.39, 0.29) is 17.9 Å². The second-order valence-electron chi connectivity index (χ2n) is 9.28. The smallest absolute Gasteiger partial charge is 0.252 e. The first-order chi connectivity index (χ1) is 17.0. The molecule has 3 atom stereocenters. The quantitative estimate of drug-likeness (QED) is 0.506. The van der Waals surface area contributed by atoms with Gasteiger partial charge in [-0.05, 0) is 70.2 Å². The Morgan fingerprint density at radius 3 is 2.54 bits per heavy atom. The Hall–Kier alpha value is -3.13. The maximum Gasteiger partial charge on any atom is 0.252 e. The Morgan fingerprint density at radius 1 is 1.11 bits per heavy atom. The van der Waals surface area contributed by atoms with Gasteiger partial charge in [0.1, 0.15) is 11.6 Å². The zero-order valence-electron chi connectivity index (χ0n) is 20.9. The van der Waals surface area contributed by atoms with Gasteiger partial charge in [-0.3, -0.25) is 9.59 Å². The second kappa shape index (κ2) is 11.5. The minimum absolute atomic E-state index is 0.0472. The molecule has 1 unspecified atom stereocenters. The molecule has 8 nitrogen and oxygen atoms in total. The van der Waals surface area contributed by atoms with Crippen LogP contribution in [0, 0.1) is 6.92 Å². The Balaban J connectivity index is 1.33. The van der Waals surface area contributed by atoms with Gasteiger partial charge in [0, 0.05) is 55.2 Å². The van der Waals surface area contributed by atoms with E-state index in [0.29, 0.717) is 43.0 Å². The van der Waals surface area contributed by atoms with E-state index in [1.807, 2.05) is 44.2 Å². The molecule has 0 spiro atoms. The van der Waals surface area contributed by atoms with E-state index in [9.17, 15) is 9.59 Å². The van der Waals surface area contributed by atoms with Crippen LogP contribution < -0.4 is 20.3 Å². The van der Waals surface area contributed by atoms with E-state index in [4.69, 9.17) is 9.47 Å². The van der Waals surface area contributed by atoms with Crippen LogP contribution in [0.1, 0.15) is 65.3 Å². The van der Waals surface area contributed by atoms with Gasteiger partial charge in [0.05, 0.1) is 12.7 Å². The van der Waals surface area contributed by atoms with Crippen molar-refractivity contribution in [1.29, 1.82) is 0 Å². The average Bonchev–Trinajstić information content (AvgIpc) is 3.14. The molecule has 2 N–H and O–H groups in total. The first-order valence-electron chi connectivity index (χ1n) is 12.6. The monoisotopic (exact) mass is 480 g/mol. The fraction of sp³-hybridized carbons (Fsp3) is 0.519. The summed E-state index contributed by atoms with van der Waals surface area (Å²) in [6.07, 6.45) is 6.38. The molecule has 2 aliphatic rings. The molecule has 0 radical (unpaired) electrons. The van der Waals surface area contributed by atoms with Crippen molar-refractivity contribution in [1.82, 2.24) is 15.6 Å². The maximum atomic E-state index is 13.0. The van der Waals surface area contributed by atoms with Gasteiger partial charge in [0.2, 0.25) is 0 Å². The van der Waals surface area contributed by atoms with Gasteiger partial charge in [0.15, 0.2) is 0 Å². The molecule has 1 aromatic heterocycles. The number of amides is 2. The van der Waals surface area contributed by atoms with Crippen molar-refractivity contribution in [2.24, 2.45) is 0 Å². The lowest BCUT2D eigenvalue weighted by atomic mass is 9.96. The van der Waals surface area contributed by atoms with E-state index >= 15 is 0 Å². The van der Waals surface area contributed by atoms with Gasteiger partial charge < -0.3 is 25.0 Å². The van der Waals surface area contributed by atoms with Crippen LogP contribution in [-0.4, -0.2) is 61.8 Å². The number of methoxy groups -OCH3 is 1. The Labute approximate surface area is 207 Å². The van der Waals surface area contributed by atoms with Crippen LogP contribution in [0.15, 0.2) is 36.5 Å². The van der Waals surface area contributed by atoms with Crippen molar-refractivity contribution in [3.8, 4) is 5.75 Å². The van der Waals surface area contributed by atoms with Gasteiger partial charge >= 0.3 is 0 Å². The van der Waals surface area contributed by atoms with Crippen LogP contribution in [0.25, 0.3) is 0 Å². The molecule has 0 aliphatic carbocycles. The van der Waals surface area contributed by atoms with E-state index < -0.39 is 0 Å². The fourth-order valence-corrected chi connectivity index (χ4v) is 5.31. The molecule has 8 heteroatoms. The molecular weight excluding hydrogens is 444 g/mol. The van der Waals surface area contributed by atoms with Gasteiger partial charge in [-0.15, -0.1) is 0 Å². The van der Waals surface area contributed by atoms with Crippen LogP contribution >= 0.6 is 0 Å². The van der Waals surface area contributed by atoms with E-state index in [1.165, 1.54) is 0 Å². The molecule has 0 saturated carbocycles. The van der Waals surface area contributed by atoms with E-state index in [0.717, 1.165) is 49.2 Å². The van der Waals surface area contributed by atoms with E-state index in [1.54, 1.807) is 13.3 Å². The molecule has 188 valence electrons. The average molecular weight is 481 g/mol. The highest BCUT2D eigenvalue weighted by molar-refractivity contribution is 5.96. The zero-order chi connectivity index (χ0) is 24.8. The molecule has 2 amide bonds. The van der Waals surface area contributed by atoms with Crippen LogP contribution in [0.2, 0.25) is 0 Å². The number of hydrogen-bond donors (Lipinski definition) is 2. The van der Waals surface area contributed by atoms with Crippen molar-refractivity contribution in [3.63, 3.8) is 0 Å². The number of piperidine rings is 1. The number of ether oxygens (including phenoxy) is 2. The number of hydrogen-bond acceptors (Lipinski definition) is 6. The first-order valence-corrected chi connectivity index (χ1v) is 12.6. The van der Waals surface area contributed by atoms with Crippen LogP contribution in [0.4, 0.5) is 5.82 Å². The summed E-state index contributed by atoms with van der Waals surface area (Å²) in [5.41, 5.74) is 2.08. The van der Waals surface area contributed by atoms with Gasteiger partial charge in [-0.2, -0.15) is 0 Å². The fourth-order valence-electron chi connectivity index (χ4n) is 5.31. The molecular formula is C27H36N4O4. The Bertz CT molecular complexity index is 1010. The third-order valence-electron chi connectivity index (χ3n) is 7.05. The number of carbonyl (C=O) groups is 2. The summed E-state index contributed by atoms with van der Waals surface area (Å²) < 4.78 is 10.7. The van der Waals surface area contributed by atoms with Crippen LogP contribution in [0.3, 0.4) is 0 Å². The van der Waals surface area contributed by atoms with Gasteiger partial charge in [-0.1, -0.05) is 6.07 Å². The van der Waals surface area contributed by atoms with E-state index in [2.05, 4.69) is 20.5 Å². The standard InChI is InChI=1S/C27H36N4O4/c1-4-35-14-6-13-28-26(32)19-9-12-25(29-17-19)31-21-10-11-22(31)16-20(15-21)30-27(33)23-7-5-8-24(34-3)18(23)2/h5,7-9,12,17,20-22H,4,6,10-11,13-16H2,1-3H3,(H,28,32)(H,30,33)/t20?,21-,22+. The van der Waals surface area contributed by atoms with Gasteiger partial charge in [0.25, 0.3) is 11.8 Å². The SMILES string of the molecule is CCOCCCNC(=O)c1ccc(N2[C@@H]3CC[C@H]2CC(NC(=O)c2cccc(OC)c2C)C3)nc1. The zero-order valence-corrected chi connectivity index (χ0v) is 20.9. The molecule has 4 rings (SSSR count). The number of fused-ring (bicyclic) bond motifs is 2. The molecule has 2 bridgehead atoms. The van der Waals surface area contributed by atoms with Crippen molar-refractivity contribution < 1.29 is 19.1 Å². The Kier molecular flexibility index (Phi) is 8.23. The van der Waals surface area contributed by atoms with Crippen LogP contribution in [-0.2, 0) is 4.74 Å². The van der Waals surface area contributed by atoms with Crippen molar-refractivity contribution >= 4 is 17.6 Å².